The Morgan fingerprint density at radius 2 is 1.44 bits per heavy atom. The van der Waals surface area contributed by atoms with Crippen molar-refractivity contribution in [3.63, 3.8) is 0 Å². The molecule has 2 fully saturated rings. The van der Waals surface area contributed by atoms with Crippen LogP contribution in [0.5, 0.6) is 0 Å². The number of carbonyl (C=O) groups excluding carboxylic acids is 2. The first-order valence-electron chi connectivity index (χ1n) is 15.3. The zero-order valence-corrected chi connectivity index (χ0v) is 29.2. The predicted molar refractivity (Wildman–Crippen MR) is 171 cm³/mol. The highest BCUT2D eigenvalue weighted by molar-refractivity contribution is 7.61. The zero-order chi connectivity index (χ0) is 40.1. The monoisotopic (exact) mass is 811 g/mol. The molecule has 0 spiro atoms. The van der Waals surface area contributed by atoms with Crippen LogP contribution in [0.4, 0.5) is 5.82 Å². The molecule has 2 unspecified atom stereocenters. The average molecular weight is 812 g/mol. The van der Waals surface area contributed by atoms with E-state index in [1.807, 2.05) is 0 Å². The molecule has 0 saturated carbocycles. The van der Waals surface area contributed by atoms with Crippen LogP contribution < -0.4 is 11.5 Å². The highest BCUT2D eigenvalue weighted by Gasteiger charge is 2.48. The maximum atomic E-state index is 12.4. The van der Waals surface area contributed by atoms with Crippen LogP contribution in [0.25, 0.3) is 11.2 Å². The fourth-order valence-corrected chi connectivity index (χ4v) is 7.10. The molecule has 10 atom stereocenters. The minimum atomic E-state index is -5.37. The Balaban J connectivity index is 0.000000571. The number of amides is 1. The lowest BCUT2D eigenvalue weighted by molar-refractivity contribution is -0.149. The van der Waals surface area contributed by atoms with E-state index >= 15 is 0 Å². The number of aromatic nitrogens is 4. The van der Waals surface area contributed by atoms with Gasteiger partial charge in [0, 0.05) is 24.4 Å². The van der Waals surface area contributed by atoms with Crippen LogP contribution in [0.15, 0.2) is 36.7 Å². The third-order valence-electron chi connectivity index (χ3n) is 7.68. The Bertz CT molecular complexity index is 1890. The Labute approximate surface area is 302 Å². The molecule has 2 aromatic rings. The number of carbonyl (C=O) groups is 4. The normalized spacial score (nSPS) is 28.8. The van der Waals surface area contributed by atoms with Crippen molar-refractivity contribution < 1.29 is 91.6 Å². The van der Waals surface area contributed by atoms with Crippen LogP contribution in [0.1, 0.15) is 25.5 Å². The SMILES string of the molecule is NC(=O)C1=CN([C@@H]2O[C@H](COP(=O)(O)OP(=O)(O)OC[C@H]3O[C@@H](n4cnc5c(N)ncnc54)[C@H](O)[C@@H]3O)[C@@H](O)[C@H]2O)C=CC1.O=C(O)CCC(=O)C(=O)O. The van der Waals surface area contributed by atoms with Gasteiger partial charge in [-0.25, -0.2) is 28.9 Å². The van der Waals surface area contributed by atoms with E-state index in [2.05, 4.69) is 19.3 Å². The molecule has 28 heteroatoms. The third-order valence-corrected chi connectivity index (χ3v) is 10.3. The molecule has 0 aliphatic carbocycles. The van der Waals surface area contributed by atoms with Crippen LogP contribution in [-0.2, 0) is 51.1 Å². The van der Waals surface area contributed by atoms with Gasteiger partial charge in [-0.05, 0) is 6.42 Å². The van der Waals surface area contributed by atoms with Crippen molar-refractivity contribution in [3.8, 4) is 0 Å². The number of aliphatic carboxylic acids is 2. The largest absolute Gasteiger partial charge is 0.481 e. The van der Waals surface area contributed by atoms with Crippen molar-refractivity contribution in [2.75, 3.05) is 18.9 Å². The van der Waals surface area contributed by atoms with Crippen molar-refractivity contribution in [1.82, 2.24) is 24.4 Å². The highest BCUT2D eigenvalue weighted by Crippen LogP contribution is 2.60. The number of phosphoric ester groups is 2. The Morgan fingerprint density at radius 3 is 2.00 bits per heavy atom. The van der Waals surface area contributed by atoms with Gasteiger partial charge in [0.1, 0.15) is 48.5 Å². The van der Waals surface area contributed by atoms with E-state index in [0.29, 0.717) is 0 Å². The number of Topliss-reactive ketones (excluding diaryl/α,β-unsaturated/α-hetero) is 1. The number of nitrogens with zero attached hydrogens (tertiary/aromatic N) is 5. The molecular formula is C26H35N7O19P2. The van der Waals surface area contributed by atoms with E-state index in [4.69, 9.17) is 40.2 Å². The number of primary amides is 1. The third kappa shape index (κ3) is 10.5. The van der Waals surface area contributed by atoms with Crippen molar-refractivity contribution in [1.29, 1.82) is 0 Å². The Morgan fingerprint density at radius 1 is 0.870 bits per heavy atom. The molecule has 5 heterocycles. The number of carboxylic acid groups (broad SMARTS) is 2. The molecule has 298 valence electrons. The van der Waals surface area contributed by atoms with E-state index in [1.165, 1.54) is 28.2 Å². The lowest BCUT2D eigenvalue weighted by Crippen LogP contribution is -2.40. The molecule has 5 rings (SSSR count). The second kappa shape index (κ2) is 17.5. The number of nitrogen functional groups attached to an aromatic ring is 1. The summed E-state index contributed by atoms with van der Waals surface area (Å²) in [6, 6.07) is 0. The van der Waals surface area contributed by atoms with Gasteiger partial charge in [0.2, 0.25) is 11.7 Å². The molecule has 2 saturated heterocycles. The number of aliphatic hydroxyl groups excluding tert-OH is 4. The van der Waals surface area contributed by atoms with Gasteiger partial charge in [-0.15, -0.1) is 0 Å². The van der Waals surface area contributed by atoms with E-state index in [-0.39, 0.29) is 29.0 Å². The van der Waals surface area contributed by atoms with Crippen LogP contribution in [-0.4, -0.2) is 145 Å². The van der Waals surface area contributed by atoms with Gasteiger partial charge in [0.25, 0.3) is 0 Å². The number of ketones is 1. The number of rotatable bonds is 15. The van der Waals surface area contributed by atoms with Gasteiger partial charge in [0.15, 0.2) is 23.9 Å². The van der Waals surface area contributed by atoms with Crippen molar-refractivity contribution >= 4 is 56.3 Å². The van der Waals surface area contributed by atoms with Gasteiger partial charge < -0.3 is 66.3 Å². The van der Waals surface area contributed by atoms with Crippen molar-refractivity contribution in [3.05, 3.63) is 36.7 Å². The number of carboxylic acids is 2. The second-order valence-electron chi connectivity index (χ2n) is 11.5. The number of ether oxygens (including phenoxy) is 2. The van der Waals surface area contributed by atoms with Gasteiger partial charge >= 0.3 is 27.6 Å². The molecule has 0 bridgehead atoms. The smallest absolute Gasteiger partial charge is 0.481 e. The minimum absolute atomic E-state index is 0.0517. The first-order valence-corrected chi connectivity index (χ1v) is 18.2. The standard InChI is InChI=1S/C21H29N7O14P2.C5H6O5/c22-17-12-19(25-7-24-17)28(8-26-12)21-16(32)14(30)11(41-21)6-39-44(36,37)42-43(34,35)38-5-10-13(29)15(31)20(40-10)27-3-1-2-9(4-27)18(23)33;6-3(5(9)10)1-2-4(7)8/h1,3-4,7-8,10-11,13-16,20-21,29-32H,2,5-6H2,(H2,23,33)(H,34,35)(H,36,37)(H2,22,24,25);1-2H2,(H,7,8)(H,9,10)/t10-,11-,13-,14-,15-,16-,20-,21-;/m1./s1. The number of hydrogen-bond acceptors (Lipinski definition) is 20. The van der Waals surface area contributed by atoms with Gasteiger partial charge in [-0.3, -0.25) is 28.0 Å². The summed E-state index contributed by atoms with van der Waals surface area (Å²) in [6.45, 7) is -1.79. The number of phosphoric acid groups is 2. The van der Waals surface area contributed by atoms with Crippen LogP contribution in [0.3, 0.4) is 0 Å². The van der Waals surface area contributed by atoms with E-state index < -0.39 is 114 Å². The lowest BCUT2D eigenvalue weighted by atomic mass is 10.1. The predicted octanol–water partition coefficient (Wildman–Crippen LogP) is -3.18. The Kier molecular flexibility index (Phi) is 13.7. The van der Waals surface area contributed by atoms with E-state index in [0.717, 1.165) is 6.33 Å². The number of nitrogens with two attached hydrogens (primary N) is 2. The molecule has 3 aliphatic rings. The number of fused-ring (bicyclic) bond motifs is 1. The first-order chi connectivity index (χ1) is 25.2. The molecule has 3 aliphatic heterocycles. The van der Waals surface area contributed by atoms with Crippen LogP contribution >= 0.6 is 15.6 Å². The summed E-state index contributed by atoms with van der Waals surface area (Å²) in [6.07, 6.45) is -5.74. The summed E-state index contributed by atoms with van der Waals surface area (Å²) in [4.78, 5) is 74.4. The molecule has 26 nitrogen and oxygen atoms in total. The van der Waals surface area contributed by atoms with E-state index in [1.54, 1.807) is 6.08 Å². The molecular weight excluding hydrogens is 776 g/mol. The van der Waals surface area contributed by atoms with Crippen molar-refractivity contribution in [2.45, 2.75) is 68.3 Å². The quantitative estimate of drug-likeness (QED) is 0.0626. The molecule has 54 heavy (non-hydrogen) atoms. The molecule has 0 radical (unpaired) electrons. The van der Waals surface area contributed by atoms with Gasteiger partial charge in [-0.2, -0.15) is 4.31 Å². The van der Waals surface area contributed by atoms with Crippen molar-refractivity contribution in [2.24, 2.45) is 5.73 Å². The first kappa shape index (κ1) is 42.5. The maximum Gasteiger partial charge on any atom is 0.481 e. The van der Waals surface area contributed by atoms with E-state index in [9.17, 15) is 58.5 Å². The topological polar surface area (TPSA) is 409 Å². The van der Waals surface area contributed by atoms with Gasteiger partial charge in [0.05, 0.1) is 26.0 Å². The number of imidazole rings is 1. The minimum Gasteiger partial charge on any atom is -0.481 e. The number of aliphatic hydroxyl groups is 4. The number of hydrogen-bond donors (Lipinski definition) is 10. The molecule has 12 N–H and O–H groups in total. The Hall–Kier alpha value is -4.27. The number of anilines is 1. The summed E-state index contributed by atoms with van der Waals surface area (Å²) in [5.74, 6) is -4.48. The zero-order valence-electron chi connectivity index (χ0n) is 27.4. The summed E-state index contributed by atoms with van der Waals surface area (Å²) >= 11 is 0. The molecule has 1 amide bonds. The summed E-state index contributed by atoms with van der Waals surface area (Å²) in [5, 5.41) is 57.6. The second-order valence-corrected chi connectivity index (χ2v) is 14.5. The van der Waals surface area contributed by atoms with Crippen LogP contribution in [0.2, 0.25) is 0 Å². The van der Waals surface area contributed by atoms with Gasteiger partial charge in [-0.1, -0.05) is 6.08 Å². The lowest BCUT2D eigenvalue weighted by Gasteiger charge is -2.28. The molecule has 2 aromatic heterocycles. The fraction of sp³-hybridized carbons (Fsp3) is 0.500. The average Bonchev–Trinajstić information content (AvgIpc) is 3.75. The number of allylic oxidation sites excluding steroid dienone is 1. The summed E-state index contributed by atoms with van der Waals surface area (Å²) in [5.41, 5.74) is 11.6. The fourth-order valence-electron chi connectivity index (χ4n) is 5.01. The summed E-state index contributed by atoms with van der Waals surface area (Å²) in [7, 11) is -10.7. The van der Waals surface area contributed by atoms with Crippen LogP contribution in [0, 0.1) is 0 Å². The molecule has 0 aromatic carbocycles. The maximum absolute atomic E-state index is 12.4. The summed E-state index contributed by atoms with van der Waals surface area (Å²) < 4.78 is 50.8. The highest BCUT2D eigenvalue weighted by atomic mass is 31.3.